The molecule has 0 saturated heterocycles. The summed E-state index contributed by atoms with van der Waals surface area (Å²) in [6.07, 6.45) is 2.33. The lowest BCUT2D eigenvalue weighted by Crippen LogP contribution is -2.41. The molecule has 1 amide bonds. The average Bonchev–Trinajstić information content (AvgIpc) is 2.42. The van der Waals surface area contributed by atoms with E-state index >= 15 is 0 Å². The largest absolute Gasteiger partial charge is 0.480 e. The Bertz CT molecular complexity index is 508. The first-order valence-electron chi connectivity index (χ1n) is 6.89. The van der Waals surface area contributed by atoms with E-state index in [2.05, 4.69) is 5.32 Å². The summed E-state index contributed by atoms with van der Waals surface area (Å²) in [7, 11) is 0. The van der Waals surface area contributed by atoms with Crippen molar-refractivity contribution in [3.8, 4) is 0 Å². The summed E-state index contributed by atoms with van der Waals surface area (Å²) in [5.74, 6) is -0.627. The van der Waals surface area contributed by atoms with Crippen molar-refractivity contribution in [2.75, 3.05) is 12.0 Å². The molecule has 2 N–H and O–H groups in total. The molecule has 4 nitrogen and oxygen atoms in total. The van der Waals surface area contributed by atoms with Crippen molar-refractivity contribution < 1.29 is 14.7 Å². The van der Waals surface area contributed by atoms with Crippen LogP contribution in [0.25, 0.3) is 0 Å². The Hall–Kier alpha value is -1.49. The molecule has 5 heteroatoms. The molecule has 0 fully saturated rings. The van der Waals surface area contributed by atoms with E-state index in [9.17, 15) is 14.7 Å². The Labute approximate surface area is 130 Å². The second-order valence-electron chi connectivity index (χ2n) is 5.94. The summed E-state index contributed by atoms with van der Waals surface area (Å²) in [6.45, 7) is 6.09. The molecule has 0 aliphatic rings. The Morgan fingerprint density at radius 3 is 2.43 bits per heavy atom. The number of aliphatic carboxylic acids is 1. The van der Waals surface area contributed by atoms with Gasteiger partial charge in [0.05, 0.1) is 0 Å². The number of amides is 1. The lowest BCUT2D eigenvalue weighted by Gasteiger charge is -2.23. The van der Waals surface area contributed by atoms with Crippen LogP contribution in [-0.2, 0) is 10.2 Å². The Morgan fingerprint density at radius 1 is 1.29 bits per heavy atom. The van der Waals surface area contributed by atoms with E-state index in [0.717, 1.165) is 5.56 Å². The summed E-state index contributed by atoms with van der Waals surface area (Å²) < 4.78 is 0. The number of carboxylic acids is 1. The second kappa shape index (κ2) is 7.50. The molecule has 0 spiro atoms. The van der Waals surface area contributed by atoms with E-state index in [4.69, 9.17) is 0 Å². The molecule has 1 aromatic rings. The number of hydrogen-bond donors (Lipinski definition) is 2. The number of carbonyl (C=O) groups is 2. The third-order valence-corrected chi connectivity index (χ3v) is 3.84. The molecule has 0 aliphatic carbocycles. The number of carbonyl (C=O) groups excluding carboxylic acids is 1. The monoisotopic (exact) mass is 309 g/mol. The van der Waals surface area contributed by atoms with E-state index in [0.29, 0.717) is 17.7 Å². The van der Waals surface area contributed by atoms with E-state index in [1.807, 2.05) is 39.2 Å². The van der Waals surface area contributed by atoms with Gasteiger partial charge in [0.15, 0.2) is 0 Å². The van der Waals surface area contributed by atoms with Crippen molar-refractivity contribution in [1.29, 1.82) is 0 Å². The van der Waals surface area contributed by atoms with Gasteiger partial charge in [-0.1, -0.05) is 39.0 Å². The average molecular weight is 309 g/mol. The highest BCUT2D eigenvalue weighted by Gasteiger charge is 2.24. The van der Waals surface area contributed by atoms with Gasteiger partial charge in [0.1, 0.15) is 6.04 Å². The Morgan fingerprint density at radius 2 is 1.90 bits per heavy atom. The molecule has 0 radical (unpaired) electrons. The summed E-state index contributed by atoms with van der Waals surface area (Å²) in [5, 5.41) is 11.8. The Kier molecular flexibility index (Phi) is 6.27. The van der Waals surface area contributed by atoms with Gasteiger partial charge in [-0.2, -0.15) is 11.8 Å². The zero-order chi connectivity index (χ0) is 16.0. The zero-order valence-electron chi connectivity index (χ0n) is 13.0. The minimum atomic E-state index is -0.995. The first-order valence-corrected chi connectivity index (χ1v) is 8.29. The maximum atomic E-state index is 12.4. The van der Waals surface area contributed by atoms with Crippen molar-refractivity contribution >= 4 is 23.6 Å². The van der Waals surface area contributed by atoms with Gasteiger partial charge >= 0.3 is 5.97 Å². The van der Waals surface area contributed by atoms with Crippen LogP contribution in [0.15, 0.2) is 24.3 Å². The van der Waals surface area contributed by atoms with Crippen LogP contribution in [0.3, 0.4) is 0 Å². The van der Waals surface area contributed by atoms with Gasteiger partial charge in [-0.3, -0.25) is 4.79 Å². The summed E-state index contributed by atoms with van der Waals surface area (Å²) in [5.41, 5.74) is 1.28. The lowest BCUT2D eigenvalue weighted by molar-refractivity contribution is -0.139. The number of benzene rings is 1. The molecule has 21 heavy (non-hydrogen) atoms. The van der Waals surface area contributed by atoms with Crippen LogP contribution in [0.2, 0.25) is 0 Å². The SMILES string of the molecule is CSCC[C@@H](NC(=O)c1ccccc1C(C)(C)C)C(=O)O. The van der Waals surface area contributed by atoms with Gasteiger partial charge in [-0.25, -0.2) is 4.79 Å². The number of carboxylic acid groups (broad SMARTS) is 1. The van der Waals surface area contributed by atoms with Gasteiger partial charge in [0.2, 0.25) is 0 Å². The third-order valence-electron chi connectivity index (χ3n) is 3.19. The first kappa shape index (κ1) is 17.6. The van der Waals surface area contributed by atoms with Gasteiger partial charge in [-0.15, -0.1) is 0 Å². The summed E-state index contributed by atoms with van der Waals surface area (Å²) in [4.78, 5) is 23.6. The molecule has 116 valence electrons. The smallest absolute Gasteiger partial charge is 0.326 e. The normalized spacial score (nSPS) is 12.8. The highest BCUT2D eigenvalue weighted by Crippen LogP contribution is 2.25. The predicted molar refractivity (Wildman–Crippen MR) is 87.0 cm³/mol. The molecule has 0 bridgehead atoms. The highest BCUT2D eigenvalue weighted by atomic mass is 32.2. The minimum absolute atomic E-state index is 0.175. The van der Waals surface area contributed by atoms with Crippen molar-refractivity contribution in [1.82, 2.24) is 5.32 Å². The van der Waals surface area contributed by atoms with Crippen molar-refractivity contribution in [3.05, 3.63) is 35.4 Å². The highest BCUT2D eigenvalue weighted by molar-refractivity contribution is 7.98. The molecule has 0 aliphatic heterocycles. The maximum Gasteiger partial charge on any atom is 0.326 e. The summed E-state index contributed by atoms with van der Waals surface area (Å²) >= 11 is 1.56. The first-order chi connectivity index (χ1) is 9.77. The van der Waals surface area contributed by atoms with Gasteiger partial charge < -0.3 is 10.4 Å². The van der Waals surface area contributed by atoms with E-state index in [-0.39, 0.29) is 11.3 Å². The molecule has 0 saturated carbocycles. The van der Waals surface area contributed by atoms with Crippen LogP contribution in [-0.4, -0.2) is 35.0 Å². The Balaban J connectivity index is 2.96. The van der Waals surface area contributed by atoms with Crippen LogP contribution in [0, 0.1) is 0 Å². The maximum absolute atomic E-state index is 12.4. The molecule has 0 aromatic heterocycles. The topological polar surface area (TPSA) is 66.4 Å². The molecule has 1 atom stereocenters. The summed E-state index contributed by atoms with van der Waals surface area (Å²) in [6, 6.07) is 6.48. The van der Waals surface area contributed by atoms with E-state index in [1.165, 1.54) is 0 Å². The van der Waals surface area contributed by atoms with Crippen LogP contribution in [0.1, 0.15) is 43.1 Å². The van der Waals surface area contributed by atoms with E-state index in [1.54, 1.807) is 23.9 Å². The lowest BCUT2D eigenvalue weighted by atomic mass is 9.83. The standard InChI is InChI=1S/C16H23NO3S/c1-16(2,3)12-8-6-5-7-11(12)14(18)17-13(15(19)20)9-10-21-4/h5-8,13H,9-10H2,1-4H3,(H,17,18)(H,19,20)/t13-/m1/s1. The number of nitrogens with one attached hydrogen (secondary N) is 1. The second-order valence-corrected chi connectivity index (χ2v) is 6.93. The van der Waals surface area contributed by atoms with Crippen LogP contribution < -0.4 is 5.32 Å². The van der Waals surface area contributed by atoms with Gasteiger partial charge in [-0.05, 0) is 35.5 Å². The fraction of sp³-hybridized carbons (Fsp3) is 0.500. The van der Waals surface area contributed by atoms with Gasteiger partial charge in [0.25, 0.3) is 5.91 Å². The van der Waals surface area contributed by atoms with Gasteiger partial charge in [0, 0.05) is 5.56 Å². The van der Waals surface area contributed by atoms with Crippen molar-refractivity contribution in [2.24, 2.45) is 0 Å². The van der Waals surface area contributed by atoms with Crippen molar-refractivity contribution in [3.63, 3.8) is 0 Å². The number of thioether (sulfide) groups is 1. The van der Waals surface area contributed by atoms with Crippen LogP contribution in [0.4, 0.5) is 0 Å². The molecule has 0 unspecified atom stereocenters. The van der Waals surface area contributed by atoms with E-state index < -0.39 is 12.0 Å². The fourth-order valence-corrected chi connectivity index (χ4v) is 2.54. The number of hydrogen-bond acceptors (Lipinski definition) is 3. The van der Waals surface area contributed by atoms with Crippen LogP contribution in [0.5, 0.6) is 0 Å². The van der Waals surface area contributed by atoms with Crippen LogP contribution >= 0.6 is 11.8 Å². The molecule has 0 heterocycles. The minimum Gasteiger partial charge on any atom is -0.480 e. The number of rotatable bonds is 6. The molecule has 1 aromatic carbocycles. The van der Waals surface area contributed by atoms with Crippen molar-refractivity contribution in [2.45, 2.75) is 38.6 Å². The molecular weight excluding hydrogens is 286 g/mol. The molecular formula is C16H23NO3S. The quantitative estimate of drug-likeness (QED) is 0.848. The predicted octanol–water partition coefficient (Wildman–Crippen LogP) is 2.92. The zero-order valence-corrected chi connectivity index (χ0v) is 13.8. The fourth-order valence-electron chi connectivity index (χ4n) is 2.06. The molecule has 1 rings (SSSR count). The third kappa shape index (κ3) is 5.08.